The van der Waals surface area contributed by atoms with Crippen LogP contribution in [0.25, 0.3) is 0 Å². The van der Waals surface area contributed by atoms with Gasteiger partial charge in [0.25, 0.3) is 0 Å². The number of benzene rings is 1. The molecule has 0 bridgehead atoms. The highest BCUT2D eigenvalue weighted by Crippen LogP contribution is 2.26. The second kappa shape index (κ2) is 9.64. The number of carbonyl (C=O) groups is 1. The van der Waals surface area contributed by atoms with E-state index in [-0.39, 0.29) is 6.04 Å². The van der Waals surface area contributed by atoms with Crippen LogP contribution in [0.15, 0.2) is 18.2 Å². The molecule has 0 aliphatic rings. The van der Waals surface area contributed by atoms with Crippen LogP contribution in [0.5, 0.6) is 5.75 Å². The van der Waals surface area contributed by atoms with Gasteiger partial charge in [-0.05, 0) is 30.0 Å². The summed E-state index contributed by atoms with van der Waals surface area (Å²) in [4.78, 5) is 10.7. The third-order valence-electron chi connectivity index (χ3n) is 3.29. The molecule has 21 heavy (non-hydrogen) atoms. The van der Waals surface area contributed by atoms with Crippen molar-refractivity contribution in [2.24, 2.45) is 5.92 Å². The first-order valence-corrected chi connectivity index (χ1v) is 7.56. The molecule has 1 amide bonds. The Morgan fingerprint density at radius 3 is 2.71 bits per heavy atom. The minimum Gasteiger partial charge on any atom is -0.492 e. The van der Waals surface area contributed by atoms with Gasteiger partial charge in [0, 0.05) is 26.2 Å². The Kier molecular flexibility index (Phi) is 8.16. The van der Waals surface area contributed by atoms with Crippen LogP contribution in [0.3, 0.4) is 0 Å². The van der Waals surface area contributed by atoms with Crippen molar-refractivity contribution in [3.05, 3.63) is 28.8 Å². The first kappa shape index (κ1) is 17.8. The average molecular weight is 314 g/mol. The van der Waals surface area contributed by atoms with Gasteiger partial charge in [-0.25, -0.2) is 0 Å². The van der Waals surface area contributed by atoms with Gasteiger partial charge >= 0.3 is 0 Å². The third kappa shape index (κ3) is 6.36. The average Bonchev–Trinajstić information content (AvgIpc) is 2.46. The summed E-state index contributed by atoms with van der Waals surface area (Å²) in [6.07, 6.45) is 2.32. The van der Waals surface area contributed by atoms with Crippen molar-refractivity contribution in [2.75, 3.05) is 20.3 Å². The molecule has 0 spiro atoms. The third-order valence-corrected chi connectivity index (χ3v) is 3.60. The molecule has 0 saturated heterocycles. The van der Waals surface area contributed by atoms with E-state index >= 15 is 0 Å². The number of hydrogen-bond acceptors (Lipinski definition) is 3. The Labute approximate surface area is 131 Å². The van der Waals surface area contributed by atoms with Crippen molar-refractivity contribution in [3.63, 3.8) is 0 Å². The van der Waals surface area contributed by atoms with Crippen molar-refractivity contribution in [3.8, 4) is 5.75 Å². The highest BCUT2D eigenvalue weighted by atomic mass is 35.5. The quantitative estimate of drug-likeness (QED) is 0.533. The van der Waals surface area contributed by atoms with Gasteiger partial charge in [-0.2, -0.15) is 0 Å². The predicted molar refractivity (Wildman–Crippen MR) is 85.0 cm³/mol. The Morgan fingerprint density at radius 1 is 1.33 bits per heavy atom. The minimum absolute atomic E-state index is 0.102. The van der Waals surface area contributed by atoms with Crippen LogP contribution in [-0.2, 0) is 16.0 Å². The molecule has 1 N–H and O–H groups in total. The van der Waals surface area contributed by atoms with Crippen molar-refractivity contribution in [1.82, 2.24) is 5.32 Å². The largest absolute Gasteiger partial charge is 0.492 e. The summed E-state index contributed by atoms with van der Waals surface area (Å²) in [6, 6.07) is 5.84. The van der Waals surface area contributed by atoms with Crippen LogP contribution in [-0.4, -0.2) is 32.8 Å². The molecule has 5 heteroatoms. The molecule has 1 rings (SSSR count). The first-order valence-electron chi connectivity index (χ1n) is 7.18. The highest BCUT2D eigenvalue weighted by molar-refractivity contribution is 6.32. The number of hydrogen-bond donors (Lipinski definition) is 1. The van der Waals surface area contributed by atoms with Crippen molar-refractivity contribution < 1.29 is 14.3 Å². The lowest BCUT2D eigenvalue weighted by atomic mass is 9.96. The number of rotatable bonds is 10. The van der Waals surface area contributed by atoms with E-state index < -0.39 is 0 Å². The Bertz CT molecular complexity index is 438. The topological polar surface area (TPSA) is 47.6 Å². The van der Waals surface area contributed by atoms with E-state index in [2.05, 4.69) is 19.2 Å². The maximum absolute atomic E-state index is 10.7. The lowest BCUT2D eigenvalue weighted by molar-refractivity contribution is -0.110. The first-order chi connectivity index (χ1) is 10.1. The molecule has 0 fully saturated rings. The predicted octanol–water partition coefficient (Wildman–Crippen LogP) is 3.07. The number of nitrogens with one attached hydrogen (secondary N) is 1. The van der Waals surface area contributed by atoms with Crippen molar-refractivity contribution in [1.29, 1.82) is 0 Å². The van der Waals surface area contributed by atoms with Crippen LogP contribution in [0.1, 0.15) is 25.8 Å². The summed E-state index contributed by atoms with van der Waals surface area (Å²) in [5.74, 6) is 1.04. The normalized spacial score (nSPS) is 12.2. The van der Waals surface area contributed by atoms with E-state index in [0.717, 1.165) is 24.8 Å². The van der Waals surface area contributed by atoms with Crippen LogP contribution >= 0.6 is 11.6 Å². The van der Waals surface area contributed by atoms with E-state index in [1.165, 1.54) is 0 Å². The van der Waals surface area contributed by atoms with E-state index in [0.29, 0.717) is 29.9 Å². The van der Waals surface area contributed by atoms with E-state index in [9.17, 15) is 4.79 Å². The van der Waals surface area contributed by atoms with Gasteiger partial charge in [0.15, 0.2) is 0 Å². The van der Waals surface area contributed by atoms with E-state index in [4.69, 9.17) is 21.1 Å². The molecule has 0 unspecified atom stereocenters. The Hall–Kier alpha value is -1.26. The smallest absolute Gasteiger partial charge is 0.207 e. The zero-order valence-electron chi connectivity index (χ0n) is 12.9. The second-order valence-corrected chi connectivity index (χ2v) is 5.71. The van der Waals surface area contributed by atoms with Gasteiger partial charge in [-0.1, -0.05) is 31.5 Å². The molecule has 0 radical (unpaired) electrons. The number of carbonyl (C=O) groups excluding carboxylic acids is 1. The van der Waals surface area contributed by atoms with Gasteiger partial charge < -0.3 is 14.8 Å². The lowest BCUT2D eigenvalue weighted by Gasteiger charge is -2.20. The summed E-state index contributed by atoms with van der Waals surface area (Å²) in [5, 5.41) is 3.45. The molecular formula is C16H24ClNO3. The van der Waals surface area contributed by atoms with Gasteiger partial charge in [0.05, 0.1) is 11.6 Å². The molecular weight excluding hydrogens is 290 g/mol. The molecule has 4 nitrogen and oxygen atoms in total. The van der Waals surface area contributed by atoms with Crippen molar-refractivity contribution in [2.45, 2.75) is 32.7 Å². The zero-order chi connectivity index (χ0) is 15.7. The van der Waals surface area contributed by atoms with E-state index in [1.54, 1.807) is 7.11 Å². The van der Waals surface area contributed by atoms with E-state index in [1.807, 2.05) is 18.2 Å². The fourth-order valence-electron chi connectivity index (χ4n) is 2.00. The number of amides is 1. The van der Waals surface area contributed by atoms with Gasteiger partial charge in [-0.3, -0.25) is 4.79 Å². The number of methoxy groups -OCH3 is 1. The Balaban J connectivity index is 2.68. The SMILES string of the molecule is COCCCOc1cc(C[C@@H](NC=O)C(C)C)ccc1Cl. The fraction of sp³-hybridized carbons (Fsp3) is 0.562. The monoisotopic (exact) mass is 313 g/mol. The molecule has 118 valence electrons. The van der Waals surface area contributed by atoms with Crippen LogP contribution in [0, 0.1) is 5.92 Å². The molecule has 0 aliphatic heterocycles. The zero-order valence-corrected chi connectivity index (χ0v) is 13.7. The van der Waals surface area contributed by atoms with Crippen LogP contribution in [0.2, 0.25) is 5.02 Å². The van der Waals surface area contributed by atoms with Crippen LogP contribution < -0.4 is 10.1 Å². The molecule has 1 aromatic carbocycles. The summed E-state index contributed by atoms with van der Waals surface area (Å²) in [7, 11) is 1.67. The highest BCUT2D eigenvalue weighted by Gasteiger charge is 2.14. The maximum atomic E-state index is 10.7. The summed E-state index contributed by atoms with van der Waals surface area (Å²) >= 11 is 6.14. The summed E-state index contributed by atoms with van der Waals surface area (Å²) in [6.45, 7) is 5.39. The number of halogens is 1. The Morgan fingerprint density at radius 2 is 2.10 bits per heavy atom. The van der Waals surface area contributed by atoms with Crippen molar-refractivity contribution >= 4 is 18.0 Å². The summed E-state index contributed by atoms with van der Waals surface area (Å²) in [5.41, 5.74) is 1.09. The molecule has 1 aromatic rings. The molecule has 1 atom stereocenters. The van der Waals surface area contributed by atoms with Crippen LogP contribution in [0.4, 0.5) is 0 Å². The molecule has 0 saturated carbocycles. The molecule has 0 aliphatic carbocycles. The van der Waals surface area contributed by atoms with Gasteiger partial charge in [-0.15, -0.1) is 0 Å². The molecule has 0 aromatic heterocycles. The fourth-order valence-corrected chi connectivity index (χ4v) is 2.17. The molecule has 0 heterocycles. The van der Waals surface area contributed by atoms with Gasteiger partial charge in [0.1, 0.15) is 5.75 Å². The maximum Gasteiger partial charge on any atom is 0.207 e. The number of ether oxygens (including phenoxy) is 2. The standard InChI is InChI=1S/C16H24ClNO3/c1-12(2)15(18-11-19)9-13-5-6-14(17)16(10-13)21-8-4-7-20-3/h5-6,10-12,15H,4,7-9H2,1-3H3,(H,18,19)/t15-/m1/s1. The van der Waals surface area contributed by atoms with Gasteiger partial charge in [0.2, 0.25) is 6.41 Å². The minimum atomic E-state index is 0.102. The lowest BCUT2D eigenvalue weighted by Crippen LogP contribution is -2.34. The second-order valence-electron chi connectivity index (χ2n) is 5.30. The summed E-state index contributed by atoms with van der Waals surface area (Å²) < 4.78 is 10.7.